The summed E-state index contributed by atoms with van der Waals surface area (Å²) in [5.41, 5.74) is 5.38. The first-order valence-electron chi connectivity index (χ1n) is 13.5. The van der Waals surface area contributed by atoms with Crippen LogP contribution < -0.4 is 19.8 Å². The molecule has 5 rings (SSSR count). The van der Waals surface area contributed by atoms with Gasteiger partial charge < -0.3 is 24.6 Å². The maximum absolute atomic E-state index is 13.6. The van der Waals surface area contributed by atoms with Gasteiger partial charge in [0.05, 0.1) is 24.3 Å². The molecule has 0 radical (unpaired) electrons. The number of hydrogen-bond acceptors (Lipinski definition) is 7. The van der Waals surface area contributed by atoms with Crippen molar-refractivity contribution >= 4 is 52.5 Å². The number of piperidine rings is 1. The monoisotopic (exact) mass is 536 g/mol. The lowest BCUT2D eigenvalue weighted by Gasteiger charge is -2.35. The van der Waals surface area contributed by atoms with Gasteiger partial charge in [-0.15, -0.1) is 0 Å². The zero-order chi connectivity index (χ0) is 26.9. The van der Waals surface area contributed by atoms with Crippen LogP contribution in [0.1, 0.15) is 62.4 Å². The minimum absolute atomic E-state index is 0.0527. The third kappa shape index (κ3) is 5.62. The lowest BCUT2D eigenvalue weighted by atomic mass is 9.93. The molecular weight excluding hydrogens is 500 g/mol. The summed E-state index contributed by atoms with van der Waals surface area (Å²) in [6, 6.07) is 11.5. The Hall–Kier alpha value is -3.20. The lowest BCUT2D eigenvalue weighted by molar-refractivity contribution is -0.139. The van der Waals surface area contributed by atoms with Gasteiger partial charge in [0.2, 0.25) is 5.91 Å². The van der Waals surface area contributed by atoms with Crippen LogP contribution in [0.25, 0.3) is 0 Å². The molecule has 1 spiro atoms. The van der Waals surface area contributed by atoms with Crippen molar-refractivity contribution in [3.63, 3.8) is 0 Å². The molecule has 2 N–H and O–H groups in total. The van der Waals surface area contributed by atoms with Crippen LogP contribution in [0, 0.1) is 5.41 Å². The van der Waals surface area contributed by atoms with Gasteiger partial charge in [-0.05, 0) is 99.7 Å². The number of carbonyl (C=O) groups is 3. The molecule has 1 saturated heterocycles. The summed E-state index contributed by atoms with van der Waals surface area (Å²) in [7, 11) is 0. The van der Waals surface area contributed by atoms with E-state index in [0.717, 1.165) is 48.6 Å². The van der Waals surface area contributed by atoms with E-state index in [4.69, 9.17) is 4.74 Å². The summed E-state index contributed by atoms with van der Waals surface area (Å²) >= 11 is 1.27. The van der Waals surface area contributed by atoms with Gasteiger partial charge in [0, 0.05) is 36.2 Å². The molecular formula is C29H36N4O4S. The van der Waals surface area contributed by atoms with E-state index in [2.05, 4.69) is 14.9 Å². The summed E-state index contributed by atoms with van der Waals surface area (Å²) in [6.45, 7) is 7.98. The first-order valence-corrected chi connectivity index (χ1v) is 14.5. The number of fused-ring (bicyclic) bond motifs is 1. The molecule has 3 aliphatic rings. The topological polar surface area (TPSA) is 91.0 Å². The van der Waals surface area contributed by atoms with E-state index in [1.165, 1.54) is 24.8 Å². The number of anilines is 4. The van der Waals surface area contributed by atoms with Crippen LogP contribution in [0.15, 0.2) is 36.4 Å². The molecule has 2 fully saturated rings. The molecule has 2 aromatic carbocycles. The Labute approximate surface area is 228 Å². The molecule has 2 aromatic rings. The maximum atomic E-state index is 13.6. The van der Waals surface area contributed by atoms with Crippen molar-refractivity contribution in [3.05, 3.63) is 47.5 Å². The maximum Gasteiger partial charge on any atom is 0.317 e. The molecule has 0 bridgehead atoms. The number of carbonyl (C=O) groups excluding carboxylic acids is 3. The molecule has 9 heteroatoms. The van der Waals surface area contributed by atoms with Crippen LogP contribution in [0.4, 0.5) is 22.7 Å². The average Bonchev–Trinajstić information content (AvgIpc) is 3.55. The number of rotatable bonds is 9. The minimum Gasteiger partial charge on any atom is -0.465 e. The highest BCUT2D eigenvalue weighted by Gasteiger charge is 2.44. The first kappa shape index (κ1) is 26.4. The Morgan fingerprint density at radius 1 is 1.03 bits per heavy atom. The number of nitrogens with zero attached hydrogens (tertiary/aromatic N) is 2. The highest BCUT2D eigenvalue weighted by Crippen LogP contribution is 2.54. The van der Waals surface area contributed by atoms with Crippen LogP contribution in [-0.4, -0.2) is 49.3 Å². The second kappa shape index (κ2) is 10.9. The van der Waals surface area contributed by atoms with Crippen molar-refractivity contribution in [1.29, 1.82) is 0 Å². The molecule has 0 atom stereocenters. The van der Waals surface area contributed by atoms with Crippen molar-refractivity contribution in [1.82, 2.24) is 0 Å². The van der Waals surface area contributed by atoms with Crippen LogP contribution in [0.3, 0.4) is 0 Å². The third-order valence-electron chi connectivity index (χ3n) is 7.78. The Morgan fingerprint density at radius 2 is 1.74 bits per heavy atom. The molecule has 0 unspecified atom stereocenters. The zero-order valence-electron chi connectivity index (χ0n) is 22.3. The Kier molecular flexibility index (Phi) is 7.56. The number of benzene rings is 2. The molecule has 2 amide bonds. The van der Waals surface area contributed by atoms with Crippen LogP contribution in [0.5, 0.6) is 0 Å². The minimum atomic E-state index is -0.265. The smallest absolute Gasteiger partial charge is 0.317 e. The Bertz CT molecular complexity index is 1230. The fraction of sp³-hybridized carbons (Fsp3) is 0.483. The molecule has 2 heterocycles. The van der Waals surface area contributed by atoms with E-state index >= 15 is 0 Å². The summed E-state index contributed by atoms with van der Waals surface area (Å²) in [4.78, 5) is 41.9. The number of esters is 1. The van der Waals surface area contributed by atoms with E-state index in [-0.39, 0.29) is 29.6 Å². The average molecular weight is 537 g/mol. The standard InChI is InChI=1S/C29H36N4O4S/c1-4-37-27(35)18-38-31-22-7-8-23(25(17-22)32-13-11-29(9-10-29)12-14-32)28(36)30-21-6-5-20-15-26(34)33(19(2)3)24(20)16-21/h5-8,16-17,19,31H,4,9-15,18H2,1-3H3,(H,30,36). The van der Waals surface area contributed by atoms with Gasteiger partial charge in [-0.1, -0.05) is 6.07 Å². The molecule has 1 aliphatic carbocycles. The van der Waals surface area contributed by atoms with E-state index in [1.807, 2.05) is 50.2 Å². The van der Waals surface area contributed by atoms with Gasteiger partial charge in [0.25, 0.3) is 5.91 Å². The number of ether oxygens (including phenoxy) is 1. The van der Waals surface area contributed by atoms with Gasteiger partial charge in [0.1, 0.15) is 5.75 Å². The van der Waals surface area contributed by atoms with Crippen LogP contribution >= 0.6 is 11.9 Å². The number of nitrogens with one attached hydrogen (secondary N) is 2. The third-order valence-corrected chi connectivity index (χ3v) is 8.54. The first-order chi connectivity index (χ1) is 18.3. The molecule has 1 saturated carbocycles. The second-order valence-corrected chi connectivity index (χ2v) is 11.5. The number of amides is 2. The van der Waals surface area contributed by atoms with Crippen LogP contribution in [0.2, 0.25) is 0 Å². The van der Waals surface area contributed by atoms with Gasteiger partial charge in [0.15, 0.2) is 0 Å². The predicted molar refractivity (Wildman–Crippen MR) is 153 cm³/mol. The van der Waals surface area contributed by atoms with Crippen molar-refractivity contribution in [2.24, 2.45) is 5.41 Å². The predicted octanol–water partition coefficient (Wildman–Crippen LogP) is 5.24. The van der Waals surface area contributed by atoms with Crippen molar-refractivity contribution in [2.45, 2.75) is 58.9 Å². The van der Waals surface area contributed by atoms with Crippen molar-refractivity contribution in [2.75, 3.05) is 45.3 Å². The molecule has 202 valence electrons. The molecule has 0 aromatic heterocycles. The van der Waals surface area contributed by atoms with Gasteiger partial charge in [-0.3, -0.25) is 14.4 Å². The molecule has 38 heavy (non-hydrogen) atoms. The number of hydrogen-bond donors (Lipinski definition) is 2. The van der Waals surface area contributed by atoms with E-state index < -0.39 is 0 Å². The van der Waals surface area contributed by atoms with E-state index in [1.54, 1.807) is 11.8 Å². The lowest BCUT2D eigenvalue weighted by Crippen LogP contribution is -2.35. The highest BCUT2D eigenvalue weighted by atomic mass is 32.2. The fourth-order valence-corrected chi connectivity index (χ4v) is 6.06. The normalized spacial score (nSPS) is 17.5. The SMILES string of the molecule is CCOC(=O)CSNc1ccc(C(=O)Nc2ccc3c(c2)N(C(C)C)C(=O)C3)c(N2CCC3(CC2)CC3)c1. The van der Waals surface area contributed by atoms with Gasteiger partial charge in [-0.2, -0.15) is 0 Å². The summed E-state index contributed by atoms with van der Waals surface area (Å²) in [5.74, 6) is -0.161. The van der Waals surface area contributed by atoms with Gasteiger partial charge >= 0.3 is 5.97 Å². The van der Waals surface area contributed by atoms with Crippen molar-refractivity contribution in [3.8, 4) is 0 Å². The second-order valence-electron chi connectivity index (χ2n) is 10.7. The highest BCUT2D eigenvalue weighted by molar-refractivity contribution is 8.01. The quantitative estimate of drug-likeness (QED) is 0.335. The largest absolute Gasteiger partial charge is 0.465 e. The Balaban J connectivity index is 1.35. The summed E-state index contributed by atoms with van der Waals surface area (Å²) < 4.78 is 8.23. The van der Waals surface area contributed by atoms with Crippen LogP contribution in [-0.2, 0) is 20.7 Å². The van der Waals surface area contributed by atoms with E-state index in [9.17, 15) is 14.4 Å². The molecule has 2 aliphatic heterocycles. The zero-order valence-corrected chi connectivity index (χ0v) is 23.2. The summed E-state index contributed by atoms with van der Waals surface area (Å²) in [5, 5.41) is 3.07. The van der Waals surface area contributed by atoms with Gasteiger partial charge in [-0.25, -0.2) is 0 Å². The summed E-state index contributed by atoms with van der Waals surface area (Å²) in [6.07, 6.45) is 5.31. The fourth-order valence-electron chi connectivity index (χ4n) is 5.49. The molecule has 8 nitrogen and oxygen atoms in total. The Morgan fingerprint density at radius 3 is 2.42 bits per heavy atom. The van der Waals surface area contributed by atoms with E-state index in [0.29, 0.717) is 29.7 Å². The van der Waals surface area contributed by atoms with Crippen molar-refractivity contribution < 1.29 is 19.1 Å².